The first-order valence-electron chi connectivity index (χ1n) is 8.12. The smallest absolute Gasteiger partial charge is 0.193 e. The molecular weight excluding hydrogens is 342 g/mol. The largest absolute Gasteiger partial charge is 0.332 e. The standard InChI is InChI=1S/C21H15N3OS/c25-20(15-6-2-1-3-7-15)16-8-4-10-18(12-16)23-21-24-19(14-26-21)17-9-5-11-22-13-17/h1-14H,(H,23,24). The zero-order chi connectivity index (χ0) is 17.8. The Morgan fingerprint density at radius 1 is 0.923 bits per heavy atom. The van der Waals surface area contributed by atoms with Gasteiger partial charge in [-0.1, -0.05) is 42.5 Å². The number of hydrogen-bond acceptors (Lipinski definition) is 5. The number of anilines is 2. The number of aromatic nitrogens is 2. The van der Waals surface area contributed by atoms with Crippen LogP contribution in [0.2, 0.25) is 0 Å². The molecule has 0 aliphatic heterocycles. The van der Waals surface area contributed by atoms with Gasteiger partial charge in [-0.25, -0.2) is 4.98 Å². The zero-order valence-electron chi connectivity index (χ0n) is 13.8. The molecule has 1 N–H and O–H groups in total. The van der Waals surface area contributed by atoms with Crippen LogP contribution in [0.5, 0.6) is 0 Å². The minimum Gasteiger partial charge on any atom is -0.332 e. The van der Waals surface area contributed by atoms with Gasteiger partial charge < -0.3 is 5.32 Å². The van der Waals surface area contributed by atoms with Crippen molar-refractivity contribution in [3.8, 4) is 11.3 Å². The first-order chi connectivity index (χ1) is 12.8. The molecule has 0 saturated carbocycles. The first kappa shape index (κ1) is 16.2. The fourth-order valence-corrected chi connectivity index (χ4v) is 3.34. The summed E-state index contributed by atoms with van der Waals surface area (Å²) in [5.41, 5.74) is 4.01. The number of nitrogens with one attached hydrogen (secondary N) is 1. The molecule has 0 atom stereocenters. The highest BCUT2D eigenvalue weighted by molar-refractivity contribution is 7.14. The van der Waals surface area contributed by atoms with Crippen LogP contribution in [-0.2, 0) is 0 Å². The van der Waals surface area contributed by atoms with Gasteiger partial charge in [0.05, 0.1) is 5.69 Å². The van der Waals surface area contributed by atoms with Crippen molar-refractivity contribution in [1.82, 2.24) is 9.97 Å². The first-order valence-corrected chi connectivity index (χ1v) is 9.00. The summed E-state index contributed by atoms with van der Waals surface area (Å²) in [6.07, 6.45) is 3.53. The molecule has 4 rings (SSSR count). The van der Waals surface area contributed by atoms with Gasteiger partial charge in [0.15, 0.2) is 10.9 Å². The lowest BCUT2D eigenvalue weighted by Gasteiger charge is -2.06. The molecule has 0 aliphatic rings. The molecule has 0 saturated heterocycles. The Morgan fingerprint density at radius 2 is 1.77 bits per heavy atom. The summed E-state index contributed by atoms with van der Waals surface area (Å²) in [5.74, 6) is 0.00411. The number of ketones is 1. The Balaban J connectivity index is 1.55. The van der Waals surface area contributed by atoms with E-state index in [9.17, 15) is 4.79 Å². The van der Waals surface area contributed by atoms with Gasteiger partial charge in [-0.05, 0) is 24.3 Å². The molecular formula is C21H15N3OS. The maximum Gasteiger partial charge on any atom is 0.193 e. The van der Waals surface area contributed by atoms with Crippen LogP contribution < -0.4 is 5.32 Å². The number of rotatable bonds is 5. The van der Waals surface area contributed by atoms with E-state index in [0.717, 1.165) is 22.1 Å². The van der Waals surface area contributed by atoms with Crippen LogP contribution in [-0.4, -0.2) is 15.8 Å². The SMILES string of the molecule is O=C(c1ccccc1)c1cccc(Nc2nc(-c3cccnc3)cs2)c1. The van der Waals surface area contributed by atoms with Crippen molar-refractivity contribution < 1.29 is 4.79 Å². The second kappa shape index (κ2) is 7.29. The third-order valence-electron chi connectivity index (χ3n) is 3.87. The molecule has 2 aromatic carbocycles. The van der Waals surface area contributed by atoms with Crippen molar-refractivity contribution in [2.45, 2.75) is 0 Å². The molecule has 4 nitrogen and oxygen atoms in total. The minimum absolute atomic E-state index is 0.00411. The van der Waals surface area contributed by atoms with Crippen molar-refractivity contribution in [3.63, 3.8) is 0 Å². The number of carbonyl (C=O) groups excluding carboxylic acids is 1. The molecule has 4 aromatic rings. The van der Waals surface area contributed by atoms with Gasteiger partial charge in [0, 0.05) is 40.2 Å². The number of carbonyl (C=O) groups is 1. The second-order valence-corrected chi connectivity index (χ2v) is 6.54. The van der Waals surface area contributed by atoms with E-state index in [1.54, 1.807) is 12.4 Å². The molecule has 0 bridgehead atoms. The molecule has 0 aliphatic carbocycles. The molecule has 2 aromatic heterocycles. The quantitative estimate of drug-likeness (QED) is 0.500. The molecule has 126 valence electrons. The summed E-state index contributed by atoms with van der Waals surface area (Å²) in [5, 5.41) is 6.03. The Morgan fingerprint density at radius 3 is 2.58 bits per heavy atom. The van der Waals surface area contributed by atoms with E-state index in [1.165, 1.54) is 11.3 Å². The van der Waals surface area contributed by atoms with E-state index in [2.05, 4.69) is 15.3 Å². The van der Waals surface area contributed by atoms with Gasteiger partial charge in [0.2, 0.25) is 0 Å². The van der Waals surface area contributed by atoms with Crippen molar-refractivity contribution >= 4 is 27.9 Å². The molecule has 0 spiro atoms. The molecule has 0 fully saturated rings. The monoisotopic (exact) mass is 357 g/mol. The Labute approximate surface area is 155 Å². The van der Waals surface area contributed by atoms with Gasteiger partial charge in [-0.2, -0.15) is 0 Å². The summed E-state index contributed by atoms with van der Waals surface area (Å²) >= 11 is 1.51. The van der Waals surface area contributed by atoms with Gasteiger partial charge in [0.1, 0.15) is 0 Å². The van der Waals surface area contributed by atoms with Crippen molar-refractivity contribution in [3.05, 3.63) is 95.6 Å². The summed E-state index contributed by atoms with van der Waals surface area (Å²) in [7, 11) is 0. The minimum atomic E-state index is 0.00411. The summed E-state index contributed by atoms with van der Waals surface area (Å²) in [6, 6.07) is 20.6. The van der Waals surface area contributed by atoms with E-state index >= 15 is 0 Å². The summed E-state index contributed by atoms with van der Waals surface area (Å²) in [4.78, 5) is 21.3. The lowest BCUT2D eigenvalue weighted by Crippen LogP contribution is -2.01. The van der Waals surface area contributed by atoms with E-state index in [0.29, 0.717) is 11.1 Å². The molecule has 2 heterocycles. The van der Waals surface area contributed by atoms with E-state index in [-0.39, 0.29) is 5.78 Å². The fraction of sp³-hybridized carbons (Fsp3) is 0. The van der Waals surface area contributed by atoms with Crippen LogP contribution in [0.25, 0.3) is 11.3 Å². The van der Waals surface area contributed by atoms with Crippen LogP contribution >= 0.6 is 11.3 Å². The maximum atomic E-state index is 12.6. The second-order valence-electron chi connectivity index (χ2n) is 5.68. The highest BCUT2D eigenvalue weighted by Gasteiger charge is 2.10. The Bertz CT molecular complexity index is 1030. The summed E-state index contributed by atoms with van der Waals surface area (Å²) < 4.78 is 0. The van der Waals surface area contributed by atoms with Crippen molar-refractivity contribution in [1.29, 1.82) is 0 Å². The highest BCUT2D eigenvalue weighted by Crippen LogP contribution is 2.27. The number of benzene rings is 2. The Kier molecular flexibility index (Phi) is 4.53. The van der Waals surface area contributed by atoms with E-state index < -0.39 is 0 Å². The third kappa shape index (κ3) is 3.53. The van der Waals surface area contributed by atoms with Crippen LogP contribution in [0.1, 0.15) is 15.9 Å². The molecule has 0 radical (unpaired) electrons. The number of thiazole rings is 1. The number of hydrogen-bond donors (Lipinski definition) is 1. The molecule has 0 unspecified atom stereocenters. The van der Waals surface area contributed by atoms with Gasteiger partial charge >= 0.3 is 0 Å². The third-order valence-corrected chi connectivity index (χ3v) is 4.63. The van der Waals surface area contributed by atoms with Crippen molar-refractivity contribution in [2.75, 3.05) is 5.32 Å². The lowest BCUT2D eigenvalue weighted by atomic mass is 10.0. The predicted octanol–water partition coefficient (Wildman–Crippen LogP) is 5.18. The van der Waals surface area contributed by atoms with Crippen LogP contribution in [0.3, 0.4) is 0 Å². The molecule has 5 heteroatoms. The zero-order valence-corrected chi connectivity index (χ0v) is 14.6. The van der Waals surface area contributed by atoms with Crippen LogP contribution in [0.4, 0.5) is 10.8 Å². The van der Waals surface area contributed by atoms with E-state index in [4.69, 9.17) is 0 Å². The van der Waals surface area contributed by atoms with Gasteiger partial charge in [-0.15, -0.1) is 11.3 Å². The number of pyridine rings is 1. The molecule has 26 heavy (non-hydrogen) atoms. The average molecular weight is 357 g/mol. The maximum absolute atomic E-state index is 12.6. The summed E-state index contributed by atoms with van der Waals surface area (Å²) in [6.45, 7) is 0. The topological polar surface area (TPSA) is 54.9 Å². The van der Waals surface area contributed by atoms with Gasteiger partial charge in [0.25, 0.3) is 0 Å². The van der Waals surface area contributed by atoms with Gasteiger partial charge in [-0.3, -0.25) is 9.78 Å². The fourth-order valence-electron chi connectivity index (χ4n) is 2.60. The van der Waals surface area contributed by atoms with Crippen molar-refractivity contribution in [2.24, 2.45) is 0 Å². The molecule has 0 amide bonds. The lowest BCUT2D eigenvalue weighted by molar-refractivity contribution is 0.103. The normalized spacial score (nSPS) is 10.5. The van der Waals surface area contributed by atoms with E-state index in [1.807, 2.05) is 72.1 Å². The average Bonchev–Trinajstić information content (AvgIpc) is 3.17. The van der Waals surface area contributed by atoms with Crippen LogP contribution in [0, 0.1) is 0 Å². The Hall–Kier alpha value is -3.31. The number of nitrogens with zero attached hydrogens (tertiary/aromatic N) is 2. The highest BCUT2D eigenvalue weighted by atomic mass is 32.1. The predicted molar refractivity (Wildman–Crippen MR) is 105 cm³/mol. The van der Waals surface area contributed by atoms with Crippen LogP contribution in [0.15, 0.2) is 84.5 Å².